The monoisotopic (exact) mass is 536 g/mol. The predicted molar refractivity (Wildman–Crippen MR) is 160 cm³/mol. The number of nitrogens with one attached hydrogen (secondary N) is 1. The van der Waals surface area contributed by atoms with Crippen molar-refractivity contribution >= 4 is 33.7 Å². The minimum Gasteiger partial charge on any atom is -0.382 e. The first kappa shape index (κ1) is 27.3. The Hall–Kier alpha value is -4.27. The predicted octanol–water partition coefficient (Wildman–Crippen LogP) is 5.04. The van der Waals surface area contributed by atoms with Crippen molar-refractivity contribution in [3.8, 4) is 0 Å². The Morgan fingerprint density at radius 1 is 0.975 bits per heavy atom. The van der Waals surface area contributed by atoms with Crippen LogP contribution in [0.25, 0.3) is 21.9 Å². The van der Waals surface area contributed by atoms with Crippen molar-refractivity contribution in [2.45, 2.75) is 25.5 Å². The van der Waals surface area contributed by atoms with E-state index in [9.17, 15) is 4.79 Å². The van der Waals surface area contributed by atoms with Crippen LogP contribution in [0.2, 0.25) is 0 Å². The second-order valence-corrected chi connectivity index (χ2v) is 10.2. The lowest BCUT2D eigenvalue weighted by molar-refractivity contribution is 0.0687. The third-order valence-electron chi connectivity index (χ3n) is 6.99. The fourth-order valence-electron chi connectivity index (χ4n) is 4.86. The maximum atomic E-state index is 12.8. The summed E-state index contributed by atoms with van der Waals surface area (Å²) in [6.45, 7) is 2.83. The van der Waals surface area contributed by atoms with Crippen molar-refractivity contribution in [1.29, 1.82) is 0 Å². The molecule has 0 fully saturated rings. The summed E-state index contributed by atoms with van der Waals surface area (Å²) in [5.74, 6) is 0.371. The lowest BCUT2D eigenvalue weighted by atomic mass is 10.00. The maximum Gasteiger partial charge on any atom is 0.251 e. The van der Waals surface area contributed by atoms with Gasteiger partial charge in [0.25, 0.3) is 5.91 Å². The minimum absolute atomic E-state index is 0.0748. The summed E-state index contributed by atoms with van der Waals surface area (Å²) >= 11 is 0. The molecule has 0 spiro atoms. The molecule has 0 saturated heterocycles. The van der Waals surface area contributed by atoms with Crippen LogP contribution in [-0.4, -0.2) is 59.1 Å². The van der Waals surface area contributed by atoms with Gasteiger partial charge in [0, 0.05) is 30.6 Å². The highest BCUT2D eigenvalue weighted by molar-refractivity contribution is 6.06. The number of nitrogens with zero attached hydrogens (tertiary/aromatic N) is 4. The molecule has 0 aliphatic heterocycles. The van der Waals surface area contributed by atoms with Crippen LogP contribution in [0.5, 0.6) is 0 Å². The van der Waals surface area contributed by atoms with Gasteiger partial charge in [-0.25, -0.2) is 9.97 Å². The lowest BCUT2D eigenvalue weighted by Crippen LogP contribution is -2.24. The molecule has 2 heterocycles. The van der Waals surface area contributed by atoms with Gasteiger partial charge >= 0.3 is 0 Å². The number of likely N-dealkylation sites (N-methyl/N-ethyl adjacent to an activating group) is 1. The summed E-state index contributed by atoms with van der Waals surface area (Å²) in [4.78, 5) is 23.9. The molecule has 1 unspecified atom stereocenters. The number of carbonyl (C=O) groups excluding carboxylic acids is 1. The standard InChI is InChI=1S/C32H36N6O2/c1-37(2)20-21-40-30(23-10-4-3-5-11-23)24-14-16-25(17-15-24)32(39)34-18-8-9-19-38-22-35-28-29(38)26-12-6-7-13-27(26)36-31(28)33/h3-7,10-17,22,30H,8-9,18-21H2,1-2H3,(H2,33,36)(H,34,39). The van der Waals surface area contributed by atoms with Crippen molar-refractivity contribution in [3.63, 3.8) is 0 Å². The highest BCUT2D eigenvalue weighted by atomic mass is 16.5. The van der Waals surface area contributed by atoms with Gasteiger partial charge in [-0.3, -0.25) is 4.79 Å². The zero-order valence-electron chi connectivity index (χ0n) is 23.1. The van der Waals surface area contributed by atoms with Gasteiger partial charge in [-0.2, -0.15) is 0 Å². The van der Waals surface area contributed by atoms with Gasteiger partial charge in [0.1, 0.15) is 11.6 Å². The highest BCUT2D eigenvalue weighted by Gasteiger charge is 2.16. The van der Waals surface area contributed by atoms with Crippen molar-refractivity contribution in [1.82, 2.24) is 24.8 Å². The molecule has 8 nitrogen and oxygen atoms in total. The number of nitrogens with two attached hydrogens (primary N) is 1. The molecule has 0 aliphatic rings. The van der Waals surface area contributed by atoms with E-state index in [-0.39, 0.29) is 12.0 Å². The maximum absolute atomic E-state index is 12.8. The van der Waals surface area contributed by atoms with E-state index in [1.807, 2.05) is 87.2 Å². The van der Waals surface area contributed by atoms with Gasteiger partial charge in [0.15, 0.2) is 5.82 Å². The molecular weight excluding hydrogens is 500 g/mol. The van der Waals surface area contributed by atoms with E-state index in [1.54, 1.807) is 0 Å². The largest absolute Gasteiger partial charge is 0.382 e. The SMILES string of the molecule is CN(C)CCOC(c1ccccc1)c1ccc(C(=O)NCCCCn2cnc3c(N)nc4ccccc4c32)cc1. The Morgan fingerprint density at radius 3 is 2.48 bits per heavy atom. The minimum atomic E-state index is -0.180. The molecule has 2 aromatic heterocycles. The van der Waals surface area contributed by atoms with Crippen molar-refractivity contribution < 1.29 is 9.53 Å². The number of ether oxygens (including phenoxy) is 1. The number of amides is 1. The van der Waals surface area contributed by atoms with Gasteiger partial charge < -0.3 is 25.3 Å². The number of para-hydroxylation sites is 1. The number of nitrogen functional groups attached to an aromatic ring is 1. The Kier molecular flexibility index (Phi) is 8.68. The van der Waals surface area contributed by atoms with Gasteiger partial charge in [-0.05, 0) is 56.3 Å². The summed E-state index contributed by atoms with van der Waals surface area (Å²) in [7, 11) is 4.06. The van der Waals surface area contributed by atoms with Crippen LogP contribution in [-0.2, 0) is 11.3 Å². The number of imidazole rings is 1. The fraction of sp³-hybridized carbons (Fsp3) is 0.281. The second-order valence-electron chi connectivity index (χ2n) is 10.2. The topological polar surface area (TPSA) is 98.3 Å². The van der Waals surface area contributed by atoms with Crippen molar-refractivity contribution in [2.24, 2.45) is 0 Å². The van der Waals surface area contributed by atoms with Crippen LogP contribution >= 0.6 is 0 Å². The number of carbonyl (C=O) groups is 1. The number of unbranched alkanes of at least 4 members (excludes halogenated alkanes) is 1. The van der Waals surface area contributed by atoms with Crippen LogP contribution < -0.4 is 11.1 Å². The molecule has 0 bridgehead atoms. The van der Waals surface area contributed by atoms with E-state index >= 15 is 0 Å². The zero-order chi connectivity index (χ0) is 27.9. The van der Waals surface area contributed by atoms with E-state index in [0.29, 0.717) is 24.5 Å². The number of aryl methyl sites for hydroxylation is 1. The molecule has 0 aliphatic carbocycles. The van der Waals surface area contributed by atoms with Crippen LogP contribution in [0.4, 0.5) is 5.82 Å². The number of aromatic nitrogens is 3. The van der Waals surface area contributed by atoms with E-state index in [2.05, 4.69) is 36.9 Å². The molecule has 0 radical (unpaired) electrons. The summed E-state index contributed by atoms with van der Waals surface area (Å²) in [5, 5.41) is 4.09. The Bertz CT molecular complexity index is 1560. The molecule has 5 aromatic rings. The molecule has 1 atom stereocenters. The Balaban J connectivity index is 1.16. The number of rotatable bonds is 12. The van der Waals surface area contributed by atoms with Crippen LogP contribution in [0, 0.1) is 0 Å². The van der Waals surface area contributed by atoms with E-state index < -0.39 is 0 Å². The number of benzene rings is 3. The number of anilines is 1. The summed E-state index contributed by atoms with van der Waals surface area (Å²) in [5.41, 5.74) is 11.5. The molecule has 8 heteroatoms. The first-order valence-corrected chi connectivity index (χ1v) is 13.7. The molecule has 3 N–H and O–H groups in total. The molecule has 206 valence electrons. The van der Waals surface area contributed by atoms with E-state index in [1.165, 1.54) is 0 Å². The van der Waals surface area contributed by atoms with Gasteiger partial charge in [-0.15, -0.1) is 0 Å². The smallest absolute Gasteiger partial charge is 0.251 e. The summed E-state index contributed by atoms with van der Waals surface area (Å²) in [6, 6.07) is 25.9. The third-order valence-corrected chi connectivity index (χ3v) is 6.99. The number of hydrogen-bond acceptors (Lipinski definition) is 6. The summed E-state index contributed by atoms with van der Waals surface area (Å²) in [6.07, 6.45) is 3.38. The third kappa shape index (κ3) is 6.30. The summed E-state index contributed by atoms with van der Waals surface area (Å²) < 4.78 is 8.37. The first-order valence-electron chi connectivity index (χ1n) is 13.7. The quantitative estimate of drug-likeness (QED) is 0.217. The van der Waals surface area contributed by atoms with Crippen LogP contribution in [0.15, 0.2) is 85.2 Å². The molecule has 40 heavy (non-hydrogen) atoms. The normalized spacial score (nSPS) is 12.3. The number of fused-ring (bicyclic) bond motifs is 3. The highest BCUT2D eigenvalue weighted by Crippen LogP contribution is 2.28. The first-order chi connectivity index (χ1) is 19.5. The second kappa shape index (κ2) is 12.7. The van der Waals surface area contributed by atoms with Crippen molar-refractivity contribution in [2.75, 3.05) is 39.5 Å². The number of hydrogen-bond donors (Lipinski definition) is 2. The van der Waals surface area contributed by atoms with Gasteiger partial charge in [0.05, 0.1) is 24.0 Å². The zero-order valence-corrected chi connectivity index (χ0v) is 23.1. The van der Waals surface area contributed by atoms with E-state index in [0.717, 1.165) is 59.0 Å². The molecule has 0 saturated carbocycles. The van der Waals surface area contributed by atoms with Crippen LogP contribution in [0.3, 0.4) is 0 Å². The van der Waals surface area contributed by atoms with Crippen LogP contribution in [0.1, 0.15) is 40.4 Å². The van der Waals surface area contributed by atoms with Crippen molar-refractivity contribution in [3.05, 3.63) is 102 Å². The molecule has 1 amide bonds. The fourth-order valence-corrected chi connectivity index (χ4v) is 4.86. The van der Waals surface area contributed by atoms with E-state index in [4.69, 9.17) is 10.5 Å². The Labute approximate surface area is 234 Å². The number of pyridine rings is 1. The average Bonchev–Trinajstić information content (AvgIpc) is 3.40. The lowest BCUT2D eigenvalue weighted by Gasteiger charge is -2.20. The molecular formula is C32H36N6O2. The molecule has 5 rings (SSSR count). The van der Waals surface area contributed by atoms with Gasteiger partial charge in [-0.1, -0.05) is 60.7 Å². The average molecular weight is 537 g/mol. The molecule has 3 aromatic carbocycles. The Morgan fingerprint density at radius 2 is 1.70 bits per heavy atom. The van der Waals surface area contributed by atoms with Gasteiger partial charge in [0.2, 0.25) is 0 Å².